The Balaban J connectivity index is 2.41. The molecular weight excluding hydrogens is 282 g/mol. The molecule has 1 aromatic carbocycles. The smallest absolute Gasteiger partial charge is 0.293 e. The molecule has 0 bridgehead atoms. The topological polar surface area (TPSA) is 109 Å². The van der Waals surface area contributed by atoms with Gasteiger partial charge in [-0.3, -0.25) is 9.59 Å². The summed E-state index contributed by atoms with van der Waals surface area (Å²) in [5.41, 5.74) is 5.55. The van der Waals surface area contributed by atoms with Crippen LogP contribution in [0.2, 0.25) is 5.02 Å². The van der Waals surface area contributed by atoms with Crippen molar-refractivity contribution in [3.8, 4) is 5.75 Å². The van der Waals surface area contributed by atoms with E-state index in [4.69, 9.17) is 17.3 Å². The van der Waals surface area contributed by atoms with Crippen molar-refractivity contribution in [2.24, 2.45) is 5.73 Å². The largest absolute Gasteiger partial charge is 0.501 e. The van der Waals surface area contributed by atoms with E-state index in [0.717, 1.165) is 11.1 Å². The third-order valence-corrected chi connectivity index (χ3v) is 3.19. The fourth-order valence-electron chi connectivity index (χ4n) is 1.71. The molecule has 1 amide bonds. The number of rotatable bonds is 3. The third-order valence-electron chi connectivity index (χ3n) is 2.79. The summed E-state index contributed by atoms with van der Waals surface area (Å²) in [7, 11) is 0. The van der Waals surface area contributed by atoms with Gasteiger partial charge in [0.2, 0.25) is 5.75 Å². The minimum Gasteiger partial charge on any atom is -0.501 e. The highest BCUT2D eigenvalue weighted by Crippen LogP contribution is 2.18. The second-order valence-electron chi connectivity index (χ2n) is 4.33. The van der Waals surface area contributed by atoms with Crippen molar-refractivity contribution >= 4 is 17.5 Å². The number of nitrogens with one attached hydrogen (secondary N) is 1. The lowest BCUT2D eigenvalue weighted by Gasteiger charge is -2.06. The predicted octanol–water partition coefficient (Wildman–Crippen LogP) is 1.13. The Bertz CT molecular complexity index is 740. The summed E-state index contributed by atoms with van der Waals surface area (Å²) in [6.45, 7) is 1.87. The van der Waals surface area contributed by atoms with Crippen LogP contribution in [0.5, 0.6) is 5.75 Å². The fourth-order valence-corrected chi connectivity index (χ4v) is 1.91. The molecule has 0 atom stereocenters. The third kappa shape index (κ3) is 2.80. The molecule has 6 nitrogen and oxygen atoms in total. The molecule has 104 valence electrons. The van der Waals surface area contributed by atoms with E-state index in [2.05, 4.69) is 9.97 Å². The van der Waals surface area contributed by atoms with E-state index in [1.807, 2.05) is 19.1 Å². The maximum absolute atomic E-state index is 11.5. The SMILES string of the molecule is Cc1ccc(Cc2nc(C(N)=O)c(O)c(=O)[nH]2)cc1Cl. The standard InChI is InChI=1S/C13H12ClN3O3/c1-6-2-3-7(4-8(6)14)5-9-16-10(12(15)19)11(18)13(20)17-9/h2-4,18H,5H2,1H3,(H2,15,19)(H,16,17,20). The molecule has 0 aliphatic rings. The number of halogens is 1. The van der Waals surface area contributed by atoms with Gasteiger partial charge in [0.25, 0.3) is 11.5 Å². The number of amides is 1. The van der Waals surface area contributed by atoms with Gasteiger partial charge in [-0.25, -0.2) is 4.98 Å². The molecule has 0 saturated heterocycles. The van der Waals surface area contributed by atoms with Crippen LogP contribution in [0, 0.1) is 6.92 Å². The number of H-pyrrole nitrogens is 1. The maximum Gasteiger partial charge on any atom is 0.293 e. The van der Waals surface area contributed by atoms with E-state index in [1.165, 1.54) is 0 Å². The van der Waals surface area contributed by atoms with Crippen LogP contribution in [-0.2, 0) is 6.42 Å². The van der Waals surface area contributed by atoms with Crippen molar-refractivity contribution in [1.29, 1.82) is 0 Å². The number of nitrogens with zero attached hydrogens (tertiary/aromatic N) is 1. The Hall–Kier alpha value is -2.34. The van der Waals surface area contributed by atoms with Gasteiger partial charge in [0.15, 0.2) is 5.69 Å². The lowest BCUT2D eigenvalue weighted by molar-refractivity contribution is 0.0992. The van der Waals surface area contributed by atoms with Gasteiger partial charge in [-0.1, -0.05) is 23.7 Å². The zero-order valence-electron chi connectivity index (χ0n) is 10.6. The van der Waals surface area contributed by atoms with Crippen LogP contribution in [0.4, 0.5) is 0 Å². The van der Waals surface area contributed by atoms with Gasteiger partial charge in [-0.15, -0.1) is 0 Å². The van der Waals surface area contributed by atoms with Gasteiger partial charge in [0.1, 0.15) is 5.82 Å². The maximum atomic E-state index is 11.5. The molecule has 1 heterocycles. The molecule has 0 spiro atoms. The van der Waals surface area contributed by atoms with E-state index in [-0.39, 0.29) is 12.2 Å². The average Bonchev–Trinajstić information content (AvgIpc) is 2.37. The zero-order valence-corrected chi connectivity index (χ0v) is 11.4. The minimum absolute atomic E-state index is 0.224. The Morgan fingerprint density at radius 3 is 2.80 bits per heavy atom. The van der Waals surface area contributed by atoms with E-state index >= 15 is 0 Å². The van der Waals surface area contributed by atoms with Crippen LogP contribution in [0.25, 0.3) is 0 Å². The lowest BCUT2D eigenvalue weighted by Crippen LogP contribution is -2.21. The molecule has 1 aromatic heterocycles. The molecule has 0 aliphatic heterocycles. The first kappa shape index (κ1) is 14.1. The van der Waals surface area contributed by atoms with E-state index in [1.54, 1.807) is 6.07 Å². The number of aromatic hydroxyl groups is 1. The van der Waals surface area contributed by atoms with Crippen LogP contribution in [0.1, 0.15) is 27.4 Å². The number of benzene rings is 1. The number of hydrogen-bond donors (Lipinski definition) is 3. The summed E-state index contributed by atoms with van der Waals surface area (Å²) >= 11 is 6.01. The van der Waals surface area contributed by atoms with E-state index in [9.17, 15) is 14.7 Å². The van der Waals surface area contributed by atoms with Gasteiger partial charge in [-0.2, -0.15) is 0 Å². The first-order chi connectivity index (χ1) is 9.38. The summed E-state index contributed by atoms with van der Waals surface area (Å²) < 4.78 is 0. The van der Waals surface area contributed by atoms with Gasteiger partial charge in [0, 0.05) is 11.4 Å². The van der Waals surface area contributed by atoms with Crippen LogP contribution in [0.3, 0.4) is 0 Å². The number of aromatic amines is 1. The molecule has 2 rings (SSSR count). The van der Waals surface area contributed by atoms with Gasteiger partial charge >= 0.3 is 0 Å². The molecule has 0 fully saturated rings. The van der Waals surface area contributed by atoms with E-state index < -0.39 is 22.9 Å². The van der Waals surface area contributed by atoms with Crippen molar-refractivity contribution in [3.63, 3.8) is 0 Å². The van der Waals surface area contributed by atoms with Crippen molar-refractivity contribution in [2.75, 3.05) is 0 Å². The summed E-state index contributed by atoms with van der Waals surface area (Å²) in [6, 6.07) is 5.41. The zero-order chi connectivity index (χ0) is 14.9. The lowest BCUT2D eigenvalue weighted by atomic mass is 10.1. The monoisotopic (exact) mass is 293 g/mol. The molecule has 0 aliphatic carbocycles. The molecule has 7 heteroatoms. The summed E-state index contributed by atoms with van der Waals surface area (Å²) in [5.74, 6) is -1.51. The number of nitrogens with two attached hydrogens (primary N) is 1. The van der Waals surface area contributed by atoms with Gasteiger partial charge in [0.05, 0.1) is 0 Å². The average molecular weight is 294 g/mol. The van der Waals surface area contributed by atoms with Gasteiger partial charge in [-0.05, 0) is 24.1 Å². The summed E-state index contributed by atoms with van der Waals surface area (Å²) in [5, 5.41) is 10.0. The quantitative estimate of drug-likeness (QED) is 0.788. The molecule has 4 N–H and O–H groups in total. The Morgan fingerprint density at radius 2 is 2.20 bits per heavy atom. The Kier molecular flexibility index (Phi) is 3.76. The molecule has 2 aromatic rings. The summed E-state index contributed by atoms with van der Waals surface area (Å²) in [4.78, 5) is 28.8. The highest BCUT2D eigenvalue weighted by atomic mass is 35.5. The molecule has 0 saturated carbocycles. The Morgan fingerprint density at radius 1 is 1.50 bits per heavy atom. The number of aromatic nitrogens is 2. The highest BCUT2D eigenvalue weighted by Gasteiger charge is 2.15. The normalized spacial score (nSPS) is 10.5. The molecule has 0 radical (unpaired) electrons. The van der Waals surface area contributed by atoms with Gasteiger partial charge < -0.3 is 15.8 Å². The highest BCUT2D eigenvalue weighted by molar-refractivity contribution is 6.31. The Labute approximate surface area is 119 Å². The first-order valence-electron chi connectivity index (χ1n) is 5.75. The first-order valence-corrected chi connectivity index (χ1v) is 6.13. The van der Waals surface area contributed by atoms with Crippen molar-refractivity contribution in [2.45, 2.75) is 13.3 Å². The predicted molar refractivity (Wildman–Crippen MR) is 74.0 cm³/mol. The van der Waals surface area contributed by atoms with Crippen LogP contribution in [0.15, 0.2) is 23.0 Å². The van der Waals surface area contributed by atoms with E-state index in [0.29, 0.717) is 5.02 Å². The van der Waals surface area contributed by atoms with Crippen molar-refractivity contribution in [3.05, 3.63) is 56.2 Å². The summed E-state index contributed by atoms with van der Waals surface area (Å²) in [6.07, 6.45) is 0.260. The van der Waals surface area contributed by atoms with Crippen molar-refractivity contribution < 1.29 is 9.90 Å². The van der Waals surface area contributed by atoms with Crippen LogP contribution < -0.4 is 11.3 Å². The molecular formula is C13H12ClN3O3. The number of carbonyl (C=O) groups is 1. The fraction of sp³-hybridized carbons (Fsp3) is 0.154. The van der Waals surface area contributed by atoms with Crippen LogP contribution >= 0.6 is 11.6 Å². The number of primary amides is 1. The molecule has 20 heavy (non-hydrogen) atoms. The second-order valence-corrected chi connectivity index (χ2v) is 4.74. The second kappa shape index (κ2) is 5.34. The number of hydrogen-bond acceptors (Lipinski definition) is 4. The minimum atomic E-state index is -0.961. The number of carbonyl (C=O) groups excluding carboxylic acids is 1. The van der Waals surface area contributed by atoms with Crippen LogP contribution in [-0.4, -0.2) is 21.0 Å². The van der Waals surface area contributed by atoms with Crippen molar-refractivity contribution in [1.82, 2.24) is 9.97 Å². The number of aryl methyl sites for hydroxylation is 1. The molecule has 0 unspecified atom stereocenters.